The van der Waals surface area contributed by atoms with Crippen molar-refractivity contribution in [2.45, 2.75) is 0 Å². The van der Waals surface area contributed by atoms with E-state index >= 15 is 0 Å². The molecule has 0 aliphatic heterocycles. The minimum atomic E-state index is 0.433. The van der Waals surface area contributed by atoms with E-state index in [-0.39, 0.29) is 0 Å². The van der Waals surface area contributed by atoms with Crippen LogP contribution in [0.5, 0.6) is 5.75 Å². The molecule has 0 saturated heterocycles. The Morgan fingerprint density at radius 2 is 2.20 bits per heavy atom. The van der Waals surface area contributed by atoms with Gasteiger partial charge in [0.05, 0.1) is 15.9 Å². The van der Waals surface area contributed by atoms with Crippen LogP contribution < -0.4 is 4.74 Å². The highest BCUT2D eigenvalue weighted by Crippen LogP contribution is 2.26. The molecule has 2 aromatic heterocycles. The molecule has 0 spiro atoms. The van der Waals surface area contributed by atoms with Gasteiger partial charge in [-0.1, -0.05) is 6.07 Å². The molecule has 20 heavy (non-hydrogen) atoms. The third-order valence-electron chi connectivity index (χ3n) is 2.78. The second-order valence-electron chi connectivity index (χ2n) is 4.50. The third-order valence-corrected chi connectivity index (χ3v) is 4.10. The number of hydrogen-bond acceptors (Lipinski definition) is 4. The van der Waals surface area contributed by atoms with Gasteiger partial charge in [0.25, 0.3) is 5.17 Å². The predicted octanol–water partition coefficient (Wildman–Crippen LogP) is 3.52. The fraction of sp³-hybridized carbons (Fsp3) is 0.143. The molecule has 4 nitrogen and oxygen atoms in total. The van der Waals surface area contributed by atoms with E-state index in [9.17, 15) is 0 Å². The van der Waals surface area contributed by atoms with E-state index in [0.29, 0.717) is 10.9 Å². The number of nitrogens with zero attached hydrogens (tertiary/aromatic N) is 2. The first kappa shape index (κ1) is 13.1. The number of aromatic nitrogens is 2. The van der Waals surface area contributed by atoms with Gasteiger partial charge >= 0.3 is 0 Å². The van der Waals surface area contributed by atoms with Crippen molar-refractivity contribution in [3.05, 3.63) is 35.7 Å². The lowest BCUT2D eigenvalue weighted by Crippen LogP contribution is -2.24. The van der Waals surface area contributed by atoms with Crippen molar-refractivity contribution in [3.8, 4) is 16.5 Å². The lowest BCUT2D eigenvalue weighted by atomic mass is 10.3. The van der Waals surface area contributed by atoms with Gasteiger partial charge in [-0.15, -0.1) is 11.3 Å². The normalized spacial score (nSPS) is 10.7. The summed E-state index contributed by atoms with van der Waals surface area (Å²) in [4.78, 5) is 10.7. The van der Waals surface area contributed by atoms with E-state index in [4.69, 9.17) is 17.0 Å². The molecular formula is C14H13N3OS2. The molecule has 0 unspecified atom stereocenters. The number of thiocarbonyl (C=S) groups is 1. The lowest BCUT2D eigenvalue weighted by molar-refractivity contribution is 0.450. The molecule has 2 heterocycles. The standard InChI is InChI=1S/C14H13N3OS2/c1-17(2)14(19)18-9-5-6-10-11(8-9)16-13(15-10)12-4-3-7-20-12/h3-8H,1-2H3,(H,15,16). The van der Waals surface area contributed by atoms with E-state index in [2.05, 4.69) is 9.97 Å². The number of imidazole rings is 1. The zero-order valence-corrected chi connectivity index (χ0v) is 12.7. The number of benzene rings is 1. The fourth-order valence-electron chi connectivity index (χ4n) is 1.77. The summed E-state index contributed by atoms with van der Waals surface area (Å²) in [5.41, 5.74) is 1.85. The van der Waals surface area contributed by atoms with Gasteiger partial charge in [0, 0.05) is 20.2 Å². The average molecular weight is 303 g/mol. The van der Waals surface area contributed by atoms with Crippen LogP contribution in [0.3, 0.4) is 0 Å². The Kier molecular flexibility index (Phi) is 3.42. The highest BCUT2D eigenvalue weighted by molar-refractivity contribution is 7.80. The lowest BCUT2D eigenvalue weighted by Gasteiger charge is -2.13. The van der Waals surface area contributed by atoms with Gasteiger partial charge in [-0.25, -0.2) is 4.98 Å². The molecule has 0 saturated carbocycles. The Morgan fingerprint density at radius 3 is 2.90 bits per heavy atom. The summed E-state index contributed by atoms with van der Waals surface area (Å²) in [6, 6.07) is 9.77. The number of fused-ring (bicyclic) bond motifs is 1. The Morgan fingerprint density at radius 1 is 1.35 bits per heavy atom. The number of thiophene rings is 1. The van der Waals surface area contributed by atoms with Crippen LogP contribution >= 0.6 is 23.6 Å². The average Bonchev–Trinajstić information content (AvgIpc) is 3.06. The first-order valence-corrected chi connectivity index (χ1v) is 7.35. The van der Waals surface area contributed by atoms with Crippen molar-refractivity contribution >= 4 is 39.8 Å². The number of rotatable bonds is 2. The van der Waals surface area contributed by atoms with Crippen LogP contribution in [0.1, 0.15) is 0 Å². The molecule has 0 aliphatic rings. The Bertz CT molecular complexity index is 747. The van der Waals surface area contributed by atoms with E-state index in [1.165, 1.54) is 0 Å². The summed E-state index contributed by atoms with van der Waals surface area (Å²) >= 11 is 6.79. The Labute approximate surface area is 126 Å². The van der Waals surface area contributed by atoms with Crippen LogP contribution in [0.15, 0.2) is 35.7 Å². The van der Waals surface area contributed by atoms with Crippen molar-refractivity contribution in [1.29, 1.82) is 0 Å². The highest BCUT2D eigenvalue weighted by atomic mass is 32.1. The van der Waals surface area contributed by atoms with Crippen molar-refractivity contribution in [3.63, 3.8) is 0 Å². The van der Waals surface area contributed by atoms with Gasteiger partial charge in [0.1, 0.15) is 11.6 Å². The highest BCUT2D eigenvalue weighted by Gasteiger charge is 2.08. The summed E-state index contributed by atoms with van der Waals surface area (Å²) in [5, 5.41) is 2.47. The largest absolute Gasteiger partial charge is 0.432 e. The van der Waals surface area contributed by atoms with Crippen LogP contribution in [0.2, 0.25) is 0 Å². The molecule has 0 radical (unpaired) electrons. The molecule has 6 heteroatoms. The molecule has 0 fully saturated rings. The van der Waals surface area contributed by atoms with Gasteiger partial charge < -0.3 is 14.6 Å². The molecule has 0 amide bonds. The molecule has 102 valence electrons. The molecule has 3 aromatic rings. The van der Waals surface area contributed by atoms with Crippen LogP contribution in [-0.2, 0) is 0 Å². The molecule has 3 rings (SSSR count). The van der Waals surface area contributed by atoms with Crippen LogP contribution in [0, 0.1) is 0 Å². The van der Waals surface area contributed by atoms with Gasteiger partial charge in [0.2, 0.25) is 0 Å². The summed E-state index contributed by atoms with van der Waals surface area (Å²) < 4.78 is 5.60. The maximum Gasteiger partial charge on any atom is 0.264 e. The third kappa shape index (κ3) is 2.52. The van der Waals surface area contributed by atoms with E-state index in [0.717, 1.165) is 21.7 Å². The SMILES string of the molecule is CN(C)C(=S)Oc1ccc2nc(-c3cccs3)[nH]c2c1. The minimum Gasteiger partial charge on any atom is -0.432 e. The van der Waals surface area contributed by atoms with Crippen LogP contribution in [-0.4, -0.2) is 34.1 Å². The maximum absolute atomic E-state index is 5.60. The van der Waals surface area contributed by atoms with Crippen LogP contribution in [0.4, 0.5) is 0 Å². The summed E-state index contributed by atoms with van der Waals surface area (Å²) in [6.07, 6.45) is 0. The van der Waals surface area contributed by atoms with Gasteiger partial charge in [-0.3, -0.25) is 0 Å². The minimum absolute atomic E-state index is 0.433. The zero-order valence-electron chi connectivity index (χ0n) is 11.1. The van der Waals surface area contributed by atoms with Crippen molar-refractivity contribution in [2.75, 3.05) is 14.1 Å². The number of H-pyrrole nitrogens is 1. The summed E-state index contributed by atoms with van der Waals surface area (Å²) in [7, 11) is 3.71. The second-order valence-corrected chi connectivity index (χ2v) is 5.80. The topological polar surface area (TPSA) is 41.1 Å². The molecule has 1 aromatic carbocycles. The molecule has 0 aliphatic carbocycles. The van der Waals surface area contributed by atoms with E-state index in [1.54, 1.807) is 16.2 Å². The molecule has 0 atom stereocenters. The van der Waals surface area contributed by atoms with Crippen molar-refractivity contribution in [2.24, 2.45) is 0 Å². The Hall–Kier alpha value is -1.92. The zero-order chi connectivity index (χ0) is 14.1. The van der Waals surface area contributed by atoms with E-state index < -0.39 is 0 Å². The molecule has 0 bridgehead atoms. The second kappa shape index (κ2) is 5.22. The van der Waals surface area contributed by atoms with Gasteiger partial charge in [0.15, 0.2) is 0 Å². The van der Waals surface area contributed by atoms with Gasteiger partial charge in [-0.05, 0) is 35.8 Å². The summed E-state index contributed by atoms with van der Waals surface area (Å²) in [5.74, 6) is 1.58. The number of ether oxygens (including phenoxy) is 1. The number of nitrogens with one attached hydrogen (secondary N) is 1. The first-order valence-electron chi connectivity index (χ1n) is 6.06. The molecular weight excluding hydrogens is 290 g/mol. The molecule has 1 N–H and O–H groups in total. The van der Waals surface area contributed by atoms with Crippen LogP contribution in [0.25, 0.3) is 21.7 Å². The predicted molar refractivity (Wildman–Crippen MR) is 86.3 cm³/mol. The van der Waals surface area contributed by atoms with Gasteiger partial charge in [-0.2, -0.15) is 0 Å². The first-order chi connectivity index (χ1) is 9.63. The quantitative estimate of drug-likeness (QED) is 0.736. The van der Waals surface area contributed by atoms with Crippen molar-refractivity contribution < 1.29 is 4.74 Å². The smallest absolute Gasteiger partial charge is 0.264 e. The van der Waals surface area contributed by atoms with E-state index in [1.807, 2.05) is 49.8 Å². The monoisotopic (exact) mass is 303 g/mol. The number of aromatic amines is 1. The number of hydrogen-bond donors (Lipinski definition) is 1. The maximum atomic E-state index is 5.60. The fourth-order valence-corrected chi connectivity index (χ4v) is 2.54. The Balaban J connectivity index is 1.93. The summed E-state index contributed by atoms with van der Waals surface area (Å²) in [6.45, 7) is 0. The van der Waals surface area contributed by atoms with Crippen molar-refractivity contribution in [1.82, 2.24) is 14.9 Å².